The van der Waals surface area contributed by atoms with E-state index < -0.39 is 0 Å². The van der Waals surface area contributed by atoms with Crippen LogP contribution in [0.15, 0.2) is 29.3 Å². The van der Waals surface area contributed by atoms with Crippen molar-refractivity contribution in [2.45, 2.75) is 27.3 Å². The average molecular weight is 504 g/mol. The van der Waals surface area contributed by atoms with Gasteiger partial charge in [-0.1, -0.05) is 19.1 Å². The maximum Gasteiger partial charge on any atom is 0.193 e. The first kappa shape index (κ1) is 25.0. The van der Waals surface area contributed by atoms with Crippen LogP contribution in [0.5, 0.6) is 5.75 Å². The Morgan fingerprint density at radius 1 is 1.25 bits per heavy atom. The van der Waals surface area contributed by atoms with Crippen LogP contribution in [0, 0.1) is 5.92 Å². The van der Waals surface area contributed by atoms with E-state index in [4.69, 9.17) is 14.5 Å². The Bertz CT molecular complexity index is 562. The number of guanidine groups is 1. The second-order valence-electron chi connectivity index (χ2n) is 7.15. The molecular formula is C21H37IN4O2. The van der Waals surface area contributed by atoms with Crippen LogP contribution >= 0.6 is 24.0 Å². The molecule has 0 aliphatic carbocycles. The van der Waals surface area contributed by atoms with E-state index in [1.807, 2.05) is 19.1 Å². The highest BCUT2D eigenvalue weighted by atomic mass is 127. The molecule has 0 amide bonds. The van der Waals surface area contributed by atoms with Gasteiger partial charge in [0.05, 0.1) is 19.8 Å². The highest BCUT2D eigenvalue weighted by molar-refractivity contribution is 14.0. The molecule has 1 saturated heterocycles. The Balaban J connectivity index is 0.00000392. The summed E-state index contributed by atoms with van der Waals surface area (Å²) in [6, 6.07) is 8.29. The summed E-state index contributed by atoms with van der Waals surface area (Å²) in [5.74, 6) is 2.40. The summed E-state index contributed by atoms with van der Waals surface area (Å²) in [6.07, 6.45) is 0. The minimum atomic E-state index is 0. The van der Waals surface area contributed by atoms with Gasteiger partial charge in [0.1, 0.15) is 5.75 Å². The van der Waals surface area contributed by atoms with E-state index in [1.54, 1.807) is 0 Å². The predicted octanol–water partition coefficient (Wildman–Crippen LogP) is 3.07. The largest absolute Gasteiger partial charge is 0.494 e. The Morgan fingerprint density at radius 2 is 1.93 bits per heavy atom. The van der Waals surface area contributed by atoms with Crippen molar-refractivity contribution in [2.75, 3.05) is 59.6 Å². The summed E-state index contributed by atoms with van der Waals surface area (Å²) in [5.41, 5.74) is 1.24. The third-order valence-electron chi connectivity index (χ3n) is 4.58. The molecule has 7 heteroatoms. The molecule has 1 heterocycles. The maximum atomic E-state index is 5.52. The molecule has 0 saturated carbocycles. The quantitative estimate of drug-likeness (QED) is 0.318. The van der Waals surface area contributed by atoms with E-state index in [-0.39, 0.29) is 24.0 Å². The molecule has 0 aromatic heterocycles. The van der Waals surface area contributed by atoms with Gasteiger partial charge in [0.25, 0.3) is 0 Å². The molecule has 1 aromatic rings. The Hall–Kier alpha value is -1.06. The topological polar surface area (TPSA) is 49.3 Å². The molecule has 160 valence electrons. The van der Waals surface area contributed by atoms with Gasteiger partial charge in [-0.25, -0.2) is 0 Å². The average Bonchev–Trinajstić information content (AvgIpc) is 2.67. The van der Waals surface area contributed by atoms with Crippen LogP contribution in [0.4, 0.5) is 0 Å². The molecule has 1 fully saturated rings. The minimum absolute atomic E-state index is 0. The van der Waals surface area contributed by atoms with Crippen LogP contribution in [0.2, 0.25) is 0 Å². The van der Waals surface area contributed by atoms with Crippen molar-refractivity contribution in [3.63, 3.8) is 0 Å². The molecule has 1 aliphatic rings. The van der Waals surface area contributed by atoms with E-state index >= 15 is 0 Å². The lowest BCUT2D eigenvalue weighted by Gasteiger charge is -2.29. The second kappa shape index (κ2) is 14.0. The molecule has 1 N–H and O–H groups in total. The fourth-order valence-electron chi connectivity index (χ4n) is 3.20. The number of hydrogen-bond acceptors (Lipinski definition) is 4. The number of halogens is 1. The Kier molecular flexibility index (Phi) is 12.5. The van der Waals surface area contributed by atoms with Crippen molar-refractivity contribution >= 4 is 29.9 Å². The lowest BCUT2D eigenvalue weighted by molar-refractivity contribution is 0.0323. The summed E-state index contributed by atoms with van der Waals surface area (Å²) in [5, 5.41) is 3.41. The van der Waals surface area contributed by atoms with Crippen LogP contribution in [0.25, 0.3) is 0 Å². The van der Waals surface area contributed by atoms with Gasteiger partial charge in [-0.2, -0.15) is 0 Å². The highest BCUT2D eigenvalue weighted by Gasteiger charge is 2.14. The molecule has 1 aromatic carbocycles. The number of hydrogen-bond donors (Lipinski definition) is 1. The summed E-state index contributed by atoms with van der Waals surface area (Å²) in [7, 11) is 2.09. The minimum Gasteiger partial charge on any atom is -0.494 e. The van der Waals surface area contributed by atoms with Crippen molar-refractivity contribution < 1.29 is 9.47 Å². The highest BCUT2D eigenvalue weighted by Crippen LogP contribution is 2.13. The molecule has 0 radical (unpaired) electrons. The van der Waals surface area contributed by atoms with E-state index in [1.165, 1.54) is 5.56 Å². The molecule has 6 nitrogen and oxygen atoms in total. The zero-order valence-corrected chi connectivity index (χ0v) is 20.1. The molecule has 1 atom stereocenters. The summed E-state index contributed by atoms with van der Waals surface area (Å²) in [6.45, 7) is 14.4. The van der Waals surface area contributed by atoms with Crippen LogP contribution in [-0.2, 0) is 11.3 Å². The third kappa shape index (κ3) is 8.96. The van der Waals surface area contributed by atoms with Crippen molar-refractivity contribution in [1.29, 1.82) is 0 Å². The Labute approximate surface area is 187 Å². The fourth-order valence-corrected chi connectivity index (χ4v) is 3.20. The van der Waals surface area contributed by atoms with Crippen molar-refractivity contribution in [1.82, 2.24) is 15.1 Å². The molecule has 1 unspecified atom stereocenters. The normalized spacial score (nSPS) is 16.2. The first-order valence-electron chi connectivity index (χ1n) is 10.1. The van der Waals surface area contributed by atoms with Gasteiger partial charge in [-0.3, -0.25) is 9.89 Å². The zero-order chi connectivity index (χ0) is 19.5. The first-order valence-corrected chi connectivity index (χ1v) is 10.1. The first-order chi connectivity index (χ1) is 13.1. The molecular weight excluding hydrogens is 467 g/mol. The molecule has 28 heavy (non-hydrogen) atoms. The van der Waals surface area contributed by atoms with Gasteiger partial charge in [0, 0.05) is 46.3 Å². The van der Waals surface area contributed by atoms with E-state index in [0.29, 0.717) is 12.5 Å². The number of nitrogens with one attached hydrogen (secondary N) is 1. The monoisotopic (exact) mass is 504 g/mol. The summed E-state index contributed by atoms with van der Waals surface area (Å²) < 4.78 is 10.9. The smallest absolute Gasteiger partial charge is 0.193 e. The van der Waals surface area contributed by atoms with Gasteiger partial charge < -0.3 is 19.7 Å². The summed E-state index contributed by atoms with van der Waals surface area (Å²) >= 11 is 0. The van der Waals surface area contributed by atoms with E-state index in [0.717, 1.165) is 64.2 Å². The Morgan fingerprint density at radius 3 is 2.54 bits per heavy atom. The van der Waals surface area contributed by atoms with Gasteiger partial charge in [-0.05, 0) is 37.5 Å². The third-order valence-corrected chi connectivity index (χ3v) is 4.58. The standard InChI is InChI=1S/C21H36N4O2.HI/c1-5-22-21(23-15-18(3)16-25-11-13-26-14-12-25)24(4)17-19-7-9-20(10-8-19)27-6-2;/h7-10,18H,5-6,11-17H2,1-4H3,(H,22,23);1H. The number of benzene rings is 1. The molecule has 2 rings (SSSR count). The number of nitrogens with zero attached hydrogens (tertiary/aromatic N) is 3. The van der Waals surface area contributed by atoms with Crippen LogP contribution in [0.1, 0.15) is 26.3 Å². The van der Waals surface area contributed by atoms with Gasteiger partial charge in [-0.15, -0.1) is 24.0 Å². The van der Waals surface area contributed by atoms with Gasteiger partial charge >= 0.3 is 0 Å². The second-order valence-corrected chi connectivity index (χ2v) is 7.15. The summed E-state index contributed by atoms with van der Waals surface area (Å²) in [4.78, 5) is 9.52. The maximum absolute atomic E-state index is 5.52. The number of ether oxygens (including phenoxy) is 2. The van der Waals surface area contributed by atoms with E-state index in [9.17, 15) is 0 Å². The lowest BCUT2D eigenvalue weighted by atomic mass is 10.1. The zero-order valence-electron chi connectivity index (χ0n) is 17.8. The van der Waals surface area contributed by atoms with Crippen molar-refractivity contribution in [3.8, 4) is 5.75 Å². The molecule has 0 bridgehead atoms. The van der Waals surface area contributed by atoms with E-state index in [2.05, 4.69) is 48.1 Å². The van der Waals surface area contributed by atoms with Crippen LogP contribution < -0.4 is 10.1 Å². The molecule has 0 spiro atoms. The number of aliphatic imine (C=N–C) groups is 1. The lowest BCUT2D eigenvalue weighted by Crippen LogP contribution is -2.40. The fraction of sp³-hybridized carbons (Fsp3) is 0.667. The van der Waals surface area contributed by atoms with Gasteiger partial charge in [0.15, 0.2) is 5.96 Å². The van der Waals surface area contributed by atoms with Gasteiger partial charge in [0.2, 0.25) is 0 Å². The van der Waals surface area contributed by atoms with Crippen LogP contribution in [0.3, 0.4) is 0 Å². The van der Waals surface area contributed by atoms with Crippen molar-refractivity contribution in [3.05, 3.63) is 29.8 Å². The number of morpholine rings is 1. The predicted molar refractivity (Wildman–Crippen MR) is 127 cm³/mol. The number of rotatable bonds is 9. The molecule has 1 aliphatic heterocycles. The van der Waals surface area contributed by atoms with Crippen molar-refractivity contribution in [2.24, 2.45) is 10.9 Å². The SMILES string of the molecule is CCNC(=NCC(C)CN1CCOCC1)N(C)Cc1ccc(OCC)cc1.I. The van der Waals surface area contributed by atoms with Crippen LogP contribution in [-0.4, -0.2) is 75.4 Å².